The van der Waals surface area contributed by atoms with Crippen molar-refractivity contribution in [3.8, 4) is 5.75 Å². The van der Waals surface area contributed by atoms with Gasteiger partial charge in [0.1, 0.15) is 5.75 Å². The normalized spacial score (nSPS) is 10.9. The van der Waals surface area contributed by atoms with E-state index in [1.54, 1.807) is 19.1 Å². The maximum atomic E-state index is 12.1. The van der Waals surface area contributed by atoms with E-state index in [4.69, 9.17) is 4.74 Å². The van der Waals surface area contributed by atoms with Crippen LogP contribution in [0.1, 0.15) is 25.8 Å². The highest BCUT2D eigenvalue weighted by molar-refractivity contribution is 6.06. The summed E-state index contributed by atoms with van der Waals surface area (Å²) in [6.07, 6.45) is 0.929. The summed E-state index contributed by atoms with van der Waals surface area (Å²) in [5.74, 6) is 0.0455. The molecule has 0 saturated carbocycles. The quantitative estimate of drug-likeness (QED) is 0.565. The van der Waals surface area contributed by atoms with Gasteiger partial charge in [0.2, 0.25) is 5.91 Å². The van der Waals surface area contributed by atoms with Crippen LogP contribution in [0.3, 0.4) is 0 Å². The molecule has 6 heteroatoms. The number of aryl methyl sites for hydroxylation is 1. The molecule has 0 aromatic heterocycles. The Morgan fingerprint density at radius 3 is 2.42 bits per heavy atom. The van der Waals surface area contributed by atoms with Crippen molar-refractivity contribution in [3.05, 3.63) is 60.2 Å². The first kappa shape index (κ1) is 19.2. The summed E-state index contributed by atoms with van der Waals surface area (Å²) in [6, 6.07) is 16.7. The van der Waals surface area contributed by atoms with Gasteiger partial charge in [-0.2, -0.15) is 5.10 Å². The molecular weight excluding hydrogens is 330 g/mol. The molecule has 2 aromatic carbocycles. The Bertz CT molecular complexity index is 773. The molecule has 0 aliphatic heterocycles. The molecule has 0 aliphatic carbocycles. The van der Waals surface area contributed by atoms with E-state index in [1.807, 2.05) is 49.4 Å². The molecule has 2 rings (SSSR count). The summed E-state index contributed by atoms with van der Waals surface area (Å²) in [4.78, 5) is 23.9. The van der Waals surface area contributed by atoms with Crippen molar-refractivity contribution in [1.82, 2.24) is 5.43 Å². The monoisotopic (exact) mass is 353 g/mol. The summed E-state index contributed by atoms with van der Waals surface area (Å²) in [5, 5.41) is 6.81. The number of amides is 2. The highest BCUT2D eigenvalue weighted by atomic mass is 16.5. The first-order chi connectivity index (χ1) is 12.6. The molecule has 136 valence electrons. The minimum Gasteiger partial charge on any atom is -0.484 e. The minimum atomic E-state index is -0.384. The SMILES string of the molecule is CCc1ccccc1NC(=O)C/C(C)=N/NC(=O)COc1ccccc1. The standard InChI is InChI=1S/C20H23N3O3/c1-3-16-9-7-8-12-18(16)21-19(24)13-15(2)22-23-20(25)14-26-17-10-5-4-6-11-17/h4-12H,3,13-14H2,1-2H3,(H,21,24)(H,23,25)/b22-15+. The first-order valence-electron chi connectivity index (χ1n) is 8.46. The molecule has 2 N–H and O–H groups in total. The van der Waals surface area contributed by atoms with E-state index in [0.717, 1.165) is 17.7 Å². The molecule has 0 atom stereocenters. The maximum Gasteiger partial charge on any atom is 0.277 e. The Morgan fingerprint density at radius 2 is 1.69 bits per heavy atom. The molecule has 0 radical (unpaired) electrons. The average molecular weight is 353 g/mol. The van der Waals surface area contributed by atoms with Crippen LogP contribution >= 0.6 is 0 Å². The number of hydrazone groups is 1. The van der Waals surface area contributed by atoms with Gasteiger partial charge in [-0.1, -0.05) is 43.3 Å². The Kier molecular flexibility index (Phi) is 7.36. The Labute approximate surface area is 153 Å². The fourth-order valence-corrected chi connectivity index (χ4v) is 2.27. The van der Waals surface area contributed by atoms with Crippen LogP contribution in [0.5, 0.6) is 5.75 Å². The number of hydrogen-bond donors (Lipinski definition) is 2. The third-order valence-corrected chi connectivity index (χ3v) is 3.57. The van der Waals surface area contributed by atoms with Gasteiger partial charge in [-0.25, -0.2) is 5.43 Å². The van der Waals surface area contributed by atoms with E-state index >= 15 is 0 Å². The molecule has 26 heavy (non-hydrogen) atoms. The van der Waals surface area contributed by atoms with Gasteiger partial charge in [0.25, 0.3) is 5.91 Å². The number of rotatable bonds is 8. The second-order valence-corrected chi connectivity index (χ2v) is 5.72. The Morgan fingerprint density at radius 1 is 1.00 bits per heavy atom. The zero-order chi connectivity index (χ0) is 18.8. The summed E-state index contributed by atoms with van der Waals surface area (Å²) in [5.41, 5.74) is 4.76. The van der Waals surface area contributed by atoms with Gasteiger partial charge in [0.05, 0.1) is 6.42 Å². The fourth-order valence-electron chi connectivity index (χ4n) is 2.27. The van der Waals surface area contributed by atoms with Crippen LogP contribution in [0.25, 0.3) is 0 Å². The van der Waals surface area contributed by atoms with Crippen LogP contribution in [0.4, 0.5) is 5.69 Å². The lowest BCUT2D eigenvalue weighted by Crippen LogP contribution is -2.26. The topological polar surface area (TPSA) is 79.8 Å². The number of carbonyl (C=O) groups is 2. The van der Waals surface area contributed by atoms with Crippen molar-refractivity contribution in [2.45, 2.75) is 26.7 Å². The average Bonchev–Trinajstić information content (AvgIpc) is 2.66. The first-order valence-corrected chi connectivity index (χ1v) is 8.46. The summed E-state index contributed by atoms with van der Waals surface area (Å²) in [6.45, 7) is 3.57. The van der Waals surface area contributed by atoms with Gasteiger partial charge >= 0.3 is 0 Å². The van der Waals surface area contributed by atoms with Gasteiger partial charge in [-0.15, -0.1) is 0 Å². The van der Waals surface area contributed by atoms with Gasteiger partial charge < -0.3 is 10.1 Å². The number of anilines is 1. The van der Waals surface area contributed by atoms with Crippen LogP contribution in [0.2, 0.25) is 0 Å². The van der Waals surface area contributed by atoms with E-state index in [0.29, 0.717) is 11.5 Å². The van der Waals surface area contributed by atoms with Crippen molar-refractivity contribution in [2.75, 3.05) is 11.9 Å². The number of nitrogens with zero attached hydrogens (tertiary/aromatic N) is 1. The number of para-hydroxylation sites is 2. The minimum absolute atomic E-state index is 0.0951. The highest BCUT2D eigenvalue weighted by Crippen LogP contribution is 2.15. The second-order valence-electron chi connectivity index (χ2n) is 5.72. The van der Waals surface area contributed by atoms with Gasteiger partial charge in [-0.05, 0) is 37.1 Å². The molecule has 2 aromatic rings. The molecule has 0 unspecified atom stereocenters. The molecule has 0 bridgehead atoms. The smallest absolute Gasteiger partial charge is 0.277 e. The summed E-state index contributed by atoms with van der Waals surface area (Å²) >= 11 is 0. The van der Waals surface area contributed by atoms with Gasteiger partial charge in [0, 0.05) is 11.4 Å². The largest absolute Gasteiger partial charge is 0.484 e. The number of nitrogens with one attached hydrogen (secondary N) is 2. The molecule has 6 nitrogen and oxygen atoms in total. The zero-order valence-corrected chi connectivity index (χ0v) is 15.0. The number of ether oxygens (including phenoxy) is 1. The molecular formula is C20H23N3O3. The molecule has 0 aliphatic rings. The van der Waals surface area contributed by atoms with Gasteiger partial charge in [-0.3, -0.25) is 9.59 Å². The van der Waals surface area contributed by atoms with E-state index in [2.05, 4.69) is 15.8 Å². The third kappa shape index (κ3) is 6.39. The number of hydrogen-bond acceptors (Lipinski definition) is 4. The van der Waals surface area contributed by atoms with Crippen molar-refractivity contribution in [2.24, 2.45) is 5.10 Å². The third-order valence-electron chi connectivity index (χ3n) is 3.57. The molecule has 0 spiro atoms. The zero-order valence-electron chi connectivity index (χ0n) is 15.0. The highest BCUT2D eigenvalue weighted by Gasteiger charge is 2.08. The lowest BCUT2D eigenvalue weighted by molar-refractivity contribution is -0.123. The molecule has 2 amide bonds. The van der Waals surface area contributed by atoms with Crippen LogP contribution < -0.4 is 15.5 Å². The fraction of sp³-hybridized carbons (Fsp3) is 0.250. The van der Waals surface area contributed by atoms with E-state index in [-0.39, 0.29) is 24.8 Å². The Balaban J connectivity index is 1.78. The lowest BCUT2D eigenvalue weighted by atomic mass is 10.1. The predicted octanol–water partition coefficient (Wildman–Crippen LogP) is 3.15. The van der Waals surface area contributed by atoms with Crippen molar-refractivity contribution >= 4 is 23.2 Å². The van der Waals surface area contributed by atoms with Crippen molar-refractivity contribution in [1.29, 1.82) is 0 Å². The molecule has 0 heterocycles. The molecule has 0 saturated heterocycles. The van der Waals surface area contributed by atoms with E-state index < -0.39 is 0 Å². The summed E-state index contributed by atoms with van der Waals surface area (Å²) in [7, 11) is 0. The van der Waals surface area contributed by atoms with E-state index in [1.165, 1.54) is 0 Å². The van der Waals surface area contributed by atoms with Crippen LogP contribution in [0.15, 0.2) is 59.7 Å². The van der Waals surface area contributed by atoms with E-state index in [9.17, 15) is 9.59 Å². The molecule has 0 fully saturated rings. The number of benzene rings is 2. The number of carbonyl (C=O) groups excluding carboxylic acids is 2. The predicted molar refractivity (Wildman–Crippen MR) is 102 cm³/mol. The van der Waals surface area contributed by atoms with Gasteiger partial charge in [0.15, 0.2) is 6.61 Å². The lowest BCUT2D eigenvalue weighted by Gasteiger charge is -2.09. The summed E-state index contributed by atoms with van der Waals surface area (Å²) < 4.78 is 5.33. The van der Waals surface area contributed by atoms with Crippen LogP contribution in [-0.4, -0.2) is 24.1 Å². The van der Waals surface area contributed by atoms with Crippen LogP contribution in [-0.2, 0) is 16.0 Å². The Hall–Kier alpha value is -3.15. The van der Waals surface area contributed by atoms with Crippen molar-refractivity contribution in [3.63, 3.8) is 0 Å². The second kappa shape index (κ2) is 9.98. The maximum absolute atomic E-state index is 12.1. The van der Waals surface area contributed by atoms with Crippen LogP contribution in [0, 0.1) is 0 Å². The van der Waals surface area contributed by atoms with Crippen molar-refractivity contribution < 1.29 is 14.3 Å².